The summed E-state index contributed by atoms with van der Waals surface area (Å²) in [5.74, 6) is 0. The third kappa shape index (κ3) is 570. The van der Waals surface area contributed by atoms with Gasteiger partial charge in [0.25, 0.3) is 0 Å². The molecule has 0 fully saturated rings. The first-order valence-corrected chi connectivity index (χ1v) is 7.86. The number of rotatable bonds is 0. The second kappa shape index (κ2) is 15.0. The van der Waals surface area contributed by atoms with E-state index in [1.165, 1.54) is 0 Å². The van der Waals surface area contributed by atoms with Gasteiger partial charge in [0.05, 0.1) is 25.0 Å². The molecule has 0 unspecified atom stereocenters. The van der Waals surface area contributed by atoms with E-state index in [9.17, 15) is 9.11 Å². The highest BCUT2D eigenvalue weighted by atomic mass is 35.6. The van der Waals surface area contributed by atoms with Crippen molar-refractivity contribution in [3.8, 4) is 0 Å². The maximum absolute atomic E-state index is 9.56. The smallest absolute Gasteiger partial charge is 0.180 e. The summed E-state index contributed by atoms with van der Waals surface area (Å²) in [6.07, 6.45) is 6.56. The van der Waals surface area contributed by atoms with E-state index < -0.39 is 26.6 Å². The number of halogens is 3. The van der Waals surface area contributed by atoms with Crippen LogP contribution in [0.5, 0.6) is 0 Å². The summed E-state index contributed by atoms with van der Waals surface area (Å²) in [5, 5.41) is 0. The molecule has 0 saturated heterocycles. The maximum Gasteiger partial charge on any atom is 0.180 e. The fourth-order valence-electron chi connectivity index (χ4n) is 0. The van der Waals surface area contributed by atoms with Crippen LogP contribution in [0, 0.1) is 0 Å². The van der Waals surface area contributed by atoms with Gasteiger partial charge in [0.15, 0.2) is 4.30 Å². The van der Waals surface area contributed by atoms with Gasteiger partial charge in [-0.05, 0) is 0 Å². The van der Waals surface area contributed by atoms with Crippen LogP contribution in [0.2, 0.25) is 0 Å². The third-order valence-corrected chi connectivity index (χ3v) is 0. The molecule has 0 aliphatic rings. The lowest BCUT2D eigenvalue weighted by Gasteiger charge is -1.87. The first kappa shape index (κ1) is 19.1. The van der Waals surface area contributed by atoms with Crippen molar-refractivity contribution in [2.24, 2.45) is 0 Å². The number of alkyl halides is 3. The summed E-state index contributed by atoms with van der Waals surface area (Å²) in [7, 11) is 0. The van der Waals surface area contributed by atoms with Gasteiger partial charge in [0.2, 0.25) is 0 Å². The second-order valence-electron chi connectivity index (χ2n) is 1.73. The van der Waals surface area contributed by atoms with Crippen LogP contribution in [0.4, 0.5) is 0 Å². The van der Waals surface area contributed by atoms with E-state index in [0.29, 0.717) is 0 Å². The van der Waals surface area contributed by atoms with Gasteiger partial charge in [-0.3, -0.25) is 0 Å². The molecule has 0 N–H and O–H groups in total. The molecule has 0 rings (SSSR count). The molecular formula is C5H13Cl3O2S2. The molecular weight excluding hydrogens is 263 g/mol. The molecule has 78 valence electrons. The summed E-state index contributed by atoms with van der Waals surface area (Å²) in [6, 6.07) is 0. The Bertz CT molecular complexity index is 51.2. The van der Waals surface area contributed by atoms with E-state index in [1.807, 2.05) is 0 Å². The van der Waals surface area contributed by atoms with Crippen LogP contribution in [-0.2, 0) is 22.4 Å². The fourth-order valence-corrected chi connectivity index (χ4v) is 0. The highest BCUT2D eigenvalue weighted by Gasteiger charge is 1.78. The van der Waals surface area contributed by atoms with Crippen molar-refractivity contribution in [2.45, 2.75) is 4.30 Å². The molecule has 0 aliphatic carbocycles. The fraction of sp³-hybridized carbons (Fsp3) is 1.00. The van der Waals surface area contributed by atoms with E-state index in [2.05, 4.69) is 0 Å². The predicted octanol–water partition coefficient (Wildman–Crippen LogP) is 1.98. The van der Waals surface area contributed by atoms with Crippen molar-refractivity contribution in [1.82, 2.24) is 0 Å². The van der Waals surface area contributed by atoms with Crippen molar-refractivity contribution >= 4 is 57.2 Å². The molecule has 0 aromatic carbocycles. The van der Waals surface area contributed by atoms with Gasteiger partial charge in [0.1, 0.15) is 0 Å². The molecule has 0 amide bonds. The molecule has 0 aromatic rings. The summed E-state index contributed by atoms with van der Waals surface area (Å²) in [5.41, 5.74) is 0. The Kier molecular flexibility index (Phi) is 23.9. The van der Waals surface area contributed by atoms with Crippen molar-refractivity contribution in [3.05, 3.63) is 0 Å². The van der Waals surface area contributed by atoms with Crippen LogP contribution < -0.4 is 0 Å². The Morgan fingerprint density at radius 1 is 0.833 bits per heavy atom. The normalized spacial score (nSPS) is 9.00. The van der Waals surface area contributed by atoms with Gasteiger partial charge < -0.3 is 9.11 Å². The Hall–Kier alpha value is 1.49. The largest absolute Gasteiger partial charge is 0.617 e. The minimum atomic E-state index is -0.750. The third-order valence-electron chi connectivity index (χ3n) is 0. The van der Waals surface area contributed by atoms with Gasteiger partial charge >= 0.3 is 0 Å². The topological polar surface area (TPSA) is 46.1 Å². The van der Waals surface area contributed by atoms with Gasteiger partial charge in [-0.2, -0.15) is 0 Å². The lowest BCUT2D eigenvalue weighted by molar-refractivity contribution is 0.605. The molecule has 0 radical (unpaired) electrons. The van der Waals surface area contributed by atoms with Crippen LogP contribution in [0.25, 0.3) is 0 Å². The van der Waals surface area contributed by atoms with Crippen LogP contribution in [-0.4, -0.2) is 38.4 Å². The summed E-state index contributed by atoms with van der Waals surface area (Å²) in [4.78, 5) is 0. The SMILES string of the molecule is C[S+](C)[O-].C[S+](C)[O-].ClC(Cl)Cl. The van der Waals surface area contributed by atoms with Gasteiger partial charge in [-0.25, -0.2) is 0 Å². The average Bonchev–Trinajstić information content (AvgIpc) is 1.54. The van der Waals surface area contributed by atoms with E-state index in [-0.39, 0.29) is 0 Å². The van der Waals surface area contributed by atoms with Crippen molar-refractivity contribution in [1.29, 1.82) is 0 Å². The zero-order valence-corrected chi connectivity index (χ0v) is 11.2. The molecule has 12 heavy (non-hydrogen) atoms. The van der Waals surface area contributed by atoms with Crippen LogP contribution in [0.15, 0.2) is 0 Å². The van der Waals surface area contributed by atoms with E-state index in [1.54, 1.807) is 25.0 Å². The van der Waals surface area contributed by atoms with E-state index >= 15 is 0 Å². The molecule has 7 heteroatoms. The summed E-state index contributed by atoms with van der Waals surface area (Å²) < 4.78 is 18.4. The van der Waals surface area contributed by atoms with Crippen LogP contribution in [0.1, 0.15) is 0 Å². The average molecular weight is 276 g/mol. The highest BCUT2D eigenvalue weighted by molar-refractivity contribution is 7.90. The van der Waals surface area contributed by atoms with Crippen molar-refractivity contribution in [2.75, 3.05) is 25.0 Å². The first-order valence-electron chi connectivity index (χ1n) is 2.62. The summed E-state index contributed by atoms with van der Waals surface area (Å²) in [6.45, 7) is 0. The van der Waals surface area contributed by atoms with Gasteiger partial charge in [0, 0.05) is 0 Å². The molecule has 0 bridgehead atoms. The van der Waals surface area contributed by atoms with Crippen molar-refractivity contribution in [3.63, 3.8) is 0 Å². The zero-order valence-electron chi connectivity index (χ0n) is 7.34. The quantitative estimate of drug-likeness (QED) is 0.501. The Balaban J connectivity index is -0.000000101. The predicted molar refractivity (Wildman–Crippen MR) is 61.3 cm³/mol. The van der Waals surface area contributed by atoms with Gasteiger partial charge in [-0.15, -0.1) is 0 Å². The summed E-state index contributed by atoms with van der Waals surface area (Å²) >= 11 is 13.2. The Labute approximate surface area is 95.3 Å². The number of hydrogen-bond acceptors (Lipinski definition) is 2. The molecule has 0 spiro atoms. The molecule has 0 aromatic heterocycles. The van der Waals surface area contributed by atoms with Gasteiger partial charge in [-0.1, -0.05) is 57.2 Å². The van der Waals surface area contributed by atoms with E-state index in [4.69, 9.17) is 34.8 Å². The first-order chi connectivity index (χ1) is 5.20. The minimum Gasteiger partial charge on any atom is -0.617 e. The molecule has 0 saturated carbocycles. The molecule has 2 nitrogen and oxygen atoms in total. The lowest BCUT2D eigenvalue weighted by Crippen LogP contribution is -1.86. The Morgan fingerprint density at radius 2 is 0.833 bits per heavy atom. The standard InChI is InChI=1S/2C2H6OS.CHCl3/c2*1-4(2)3;2-1(3)4/h2*1-2H3;1H. The lowest BCUT2D eigenvalue weighted by atomic mass is 11.9. The molecule has 0 aliphatic heterocycles. The van der Waals surface area contributed by atoms with Crippen LogP contribution in [0.3, 0.4) is 0 Å². The monoisotopic (exact) mass is 274 g/mol. The Morgan fingerprint density at radius 3 is 0.833 bits per heavy atom. The van der Waals surface area contributed by atoms with Crippen molar-refractivity contribution < 1.29 is 9.11 Å². The minimum absolute atomic E-state index is 0.611. The highest BCUT2D eigenvalue weighted by Crippen LogP contribution is 2.03. The van der Waals surface area contributed by atoms with Crippen LogP contribution >= 0.6 is 34.8 Å². The zero-order chi connectivity index (χ0) is 10.7. The molecule has 0 heterocycles. The number of hydrogen-bond donors (Lipinski definition) is 0. The second-order valence-corrected chi connectivity index (χ2v) is 6.68. The molecule has 0 atom stereocenters. The van der Waals surface area contributed by atoms with E-state index in [0.717, 1.165) is 0 Å². The maximum atomic E-state index is 9.56.